The average Bonchev–Trinajstić information content (AvgIpc) is 3.74. The van der Waals surface area contributed by atoms with Gasteiger partial charge in [0.05, 0.1) is 22.8 Å². The third-order valence-electron chi connectivity index (χ3n) is 7.08. The summed E-state index contributed by atoms with van der Waals surface area (Å²) in [6, 6.07) is 8.44. The quantitative estimate of drug-likeness (QED) is 0.0964. The van der Waals surface area contributed by atoms with Crippen molar-refractivity contribution >= 4 is 29.6 Å². The summed E-state index contributed by atoms with van der Waals surface area (Å²) in [6.07, 6.45) is -0.971. The number of alkyl carbamates (subject to hydrolysis) is 1. The molecule has 4 aromatic rings. The van der Waals surface area contributed by atoms with Crippen molar-refractivity contribution < 1.29 is 40.7 Å². The summed E-state index contributed by atoms with van der Waals surface area (Å²) in [7, 11) is 0. The molecule has 0 bridgehead atoms. The molecule has 19 heteroatoms. The number of benzene rings is 2. The molecule has 0 aliphatic heterocycles. The molecule has 2 amide bonds. The predicted molar refractivity (Wildman–Crippen MR) is 166 cm³/mol. The number of nitrogens with zero attached hydrogens (tertiary/aromatic N) is 7. The van der Waals surface area contributed by atoms with Crippen molar-refractivity contribution in [2.75, 3.05) is 13.2 Å². The second-order valence-electron chi connectivity index (χ2n) is 10.9. The minimum absolute atomic E-state index is 0.0198. The van der Waals surface area contributed by atoms with Crippen molar-refractivity contribution in [2.24, 2.45) is 10.7 Å². The van der Waals surface area contributed by atoms with Crippen LogP contribution in [0.3, 0.4) is 0 Å². The van der Waals surface area contributed by atoms with Crippen molar-refractivity contribution in [1.29, 1.82) is 0 Å². The highest BCUT2D eigenvalue weighted by Gasteiger charge is 2.35. The zero-order valence-corrected chi connectivity index (χ0v) is 26.8. The van der Waals surface area contributed by atoms with E-state index < -0.39 is 49.7 Å². The number of ether oxygens (including phenoxy) is 1. The number of halogens is 7. The molecule has 0 aliphatic rings. The van der Waals surface area contributed by atoms with Crippen LogP contribution >= 0.6 is 11.6 Å². The molecular formula is C30H30ClF6N9O3. The Morgan fingerprint density at radius 3 is 2.33 bits per heavy atom. The van der Waals surface area contributed by atoms with Crippen molar-refractivity contribution in [3.8, 4) is 22.5 Å². The van der Waals surface area contributed by atoms with Crippen LogP contribution in [-0.2, 0) is 4.74 Å². The third kappa shape index (κ3) is 8.48. The standard InChI is InChI=1S/C30H30ClF6N9O3/c1-4-39-28(38)45(24(47)17-7-5-16(6-8-17)19-12-41-44(13-19)26(34)35)22(14-49-29(48)43-30(2,3)25(32)33)18-9-10-21(31)20(11-18)23-40-15-42-46(23)27(36)37/h5-13,15,22,25-27H,4,14H2,1-3H3,(H2,38,39)(H,43,48)/t22-/m1/s1. The fraction of sp³-hybridized carbons (Fsp3) is 0.333. The number of hydrogen-bond acceptors (Lipinski definition) is 7. The van der Waals surface area contributed by atoms with Gasteiger partial charge in [0.2, 0.25) is 0 Å². The minimum Gasteiger partial charge on any atom is -0.447 e. The fourth-order valence-corrected chi connectivity index (χ4v) is 4.72. The van der Waals surface area contributed by atoms with E-state index in [2.05, 4.69) is 25.5 Å². The summed E-state index contributed by atoms with van der Waals surface area (Å²) >= 11 is 6.36. The molecule has 2 heterocycles. The highest BCUT2D eigenvalue weighted by atomic mass is 35.5. The molecule has 0 unspecified atom stereocenters. The van der Waals surface area contributed by atoms with E-state index >= 15 is 0 Å². The predicted octanol–water partition coefficient (Wildman–Crippen LogP) is 6.54. The van der Waals surface area contributed by atoms with Crippen LogP contribution in [0.1, 0.15) is 55.8 Å². The molecule has 0 saturated heterocycles. The van der Waals surface area contributed by atoms with E-state index in [0.29, 0.717) is 20.5 Å². The molecule has 49 heavy (non-hydrogen) atoms. The van der Waals surface area contributed by atoms with Gasteiger partial charge in [-0.2, -0.15) is 32.4 Å². The maximum atomic E-state index is 14.1. The number of aromatic nitrogens is 5. The lowest BCUT2D eigenvalue weighted by atomic mass is 10.0. The molecule has 0 radical (unpaired) electrons. The molecule has 4 rings (SSSR count). The molecule has 0 aliphatic carbocycles. The Labute approximate surface area is 280 Å². The fourth-order valence-electron chi connectivity index (χ4n) is 4.52. The van der Waals surface area contributed by atoms with Gasteiger partial charge < -0.3 is 15.8 Å². The molecule has 3 N–H and O–H groups in total. The van der Waals surface area contributed by atoms with E-state index in [1.54, 1.807) is 6.92 Å². The minimum atomic E-state index is -3.09. The SMILES string of the molecule is CCN=C(N)N(C(=O)c1ccc(-c2cnn(C(F)F)c2)cc1)[C@H](COC(=O)NC(C)(C)C(F)F)c1ccc(Cl)c(-c2ncnn2C(F)F)c1. The number of rotatable bonds is 12. The Morgan fingerprint density at radius 1 is 1.04 bits per heavy atom. The summed E-state index contributed by atoms with van der Waals surface area (Å²) in [5, 5.41) is 9.16. The molecule has 12 nitrogen and oxygen atoms in total. The molecule has 0 fully saturated rings. The first kappa shape index (κ1) is 36.7. The van der Waals surface area contributed by atoms with Crippen molar-refractivity contribution in [1.82, 2.24) is 34.8 Å². The molecule has 2 aromatic carbocycles. The first-order chi connectivity index (χ1) is 23.1. The number of carbonyl (C=O) groups is 2. The Bertz CT molecular complexity index is 1800. The van der Waals surface area contributed by atoms with Gasteiger partial charge in [-0.3, -0.25) is 14.7 Å². The highest BCUT2D eigenvalue weighted by Crippen LogP contribution is 2.34. The molecule has 262 valence electrons. The van der Waals surface area contributed by atoms with Crippen LogP contribution in [0.2, 0.25) is 5.02 Å². The molecular weight excluding hydrogens is 684 g/mol. The molecule has 0 spiro atoms. The van der Waals surface area contributed by atoms with Gasteiger partial charge in [0.25, 0.3) is 12.3 Å². The first-order valence-corrected chi connectivity index (χ1v) is 14.8. The van der Waals surface area contributed by atoms with Crippen LogP contribution in [0, 0.1) is 0 Å². The highest BCUT2D eigenvalue weighted by molar-refractivity contribution is 6.33. The summed E-state index contributed by atoms with van der Waals surface area (Å²) in [6.45, 7) is -2.75. The smallest absolute Gasteiger partial charge is 0.407 e. The van der Waals surface area contributed by atoms with Crippen LogP contribution < -0.4 is 11.1 Å². The summed E-state index contributed by atoms with van der Waals surface area (Å²) in [5.41, 5.74) is 5.25. The largest absolute Gasteiger partial charge is 0.447 e. The van der Waals surface area contributed by atoms with Crippen molar-refractivity contribution in [2.45, 2.75) is 51.9 Å². The number of guanidine groups is 1. The second kappa shape index (κ2) is 15.4. The summed E-state index contributed by atoms with van der Waals surface area (Å²) in [5.74, 6) is -1.44. The van der Waals surface area contributed by atoms with Crippen LogP contribution in [0.5, 0.6) is 0 Å². The molecule has 1 atom stereocenters. The van der Waals surface area contributed by atoms with Gasteiger partial charge in [0, 0.05) is 29.4 Å². The van der Waals surface area contributed by atoms with Crippen molar-refractivity contribution in [3.63, 3.8) is 0 Å². The van der Waals surface area contributed by atoms with Gasteiger partial charge in [-0.25, -0.2) is 23.2 Å². The van der Waals surface area contributed by atoms with E-state index in [1.807, 2.05) is 0 Å². The van der Waals surface area contributed by atoms with Gasteiger partial charge >= 0.3 is 19.2 Å². The van der Waals surface area contributed by atoms with Gasteiger partial charge in [-0.1, -0.05) is 29.8 Å². The maximum Gasteiger partial charge on any atom is 0.407 e. The number of aliphatic imine (C=N–C) groups is 1. The zero-order chi connectivity index (χ0) is 36.0. The van der Waals surface area contributed by atoms with Crippen LogP contribution in [0.25, 0.3) is 22.5 Å². The lowest BCUT2D eigenvalue weighted by molar-refractivity contribution is 0.0404. The number of carbonyl (C=O) groups excluding carboxylic acids is 2. The monoisotopic (exact) mass is 713 g/mol. The van der Waals surface area contributed by atoms with E-state index in [1.165, 1.54) is 48.7 Å². The number of nitrogens with one attached hydrogen (secondary N) is 1. The lowest BCUT2D eigenvalue weighted by Gasteiger charge is -2.32. The maximum absolute atomic E-state index is 14.1. The van der Waals surface area contributed by atoms with Gasteiger partial charge in [-0.05, 0) is 56.2 Å². The van der Waals surface area contributed by atoms with E-state index in [4.69, 9.17) is 22.1 Å². The van der Waals surface area contributed by atoms with E-state index in [0.717, 1.165) is 31.3 Å². The second-order valence-corrected chi connectivity index (χ2v) is 11.3. The summed E-state index contributed by atoms with van der Waals surface area (Å²) < 4.78 is 86.5. The third-order valence-corrected chi connectivity index (χ3v) is 7.41. The summed E-state index contributed by atoms with van der Waals surface area (Å²) in [4.78, 5) is 35.8. The van der Waals surface area contributed by atoms with Crippen molar-refractivity contribution in [3.05, 3.63) is 77.3 Å². The van der Waals surface area contributed by atoms with Gasteiger partial charge in [0.15, 0.2) is 11.8 Å². The normalized spacial score (nSPS) is 12.9. The number of alkyl halides is 6. The lowest BCUT2D eigenvalue weighted by Crippen LogP contribution is -2.50. The van der Waals surface area contributed by atoms with E-state index in [9.17, 15) is 35.9 Å². The molecule has 2 aromatic heterocycles. The van der Waals surface area contributed by atoms with Gasteiger partial charge in [-0.15, -0.1) is 0 Å². The Kier molecular flexibility index (Phi) is 11.5. The topological polar surface area (TPSA) is 146 Å². The Morgan fingerprint density at radius 2 is 1.73 bits per heavy atom. The van der Waals surface area contributed by atoms with Crippen LogP contribution in [0.4, 0.5) is 31.1 Å². The Hall–Kier alpha value is -5.13. The molecule has 0 saturated carbocycles. The number of hydrogen-bond donors (Lipinski definition) is 2. The number of nitrogens with two attached hydrogens (primary N) is 1. The first-order valence-electron chi connectivity index (χ1n) is 14.4. The van der Waals surface area contributed by atoms with Gasteiger partial charge in [0.1, 0.15) is 12.9 Å². The zero-order valence-electron chi connectivity index (χ0n) is 26.1. The Balaban J connectivity index is 1.79. The van der Waals surface area contributed by atoms with E-state index in [-0.39, 0.29) is 40.0 Å². The van der Waals surface area contributed by atoms with Crippen LogP contribution in [0.15, 0.2) is 66.2 Å². The average molecular weight is 714 g/mol. The number of amides is 2. The van der Waals surface area contributed by atoms with Crippen LogP contribution in [-0.4, -0.2) is 72.5 Å².